The SMILES string of the molecule is CCCCC[C@@H](O)CC(=O)CCc1ccc(O)c(O[C@@H]2CC#C[C@H](O)c3ccc4c5c3[C@@H](CC[C@@H]5CN[C@H]4N)C3=CN=C4CN2C=C34)c1. The fourth-order valence-corrected chi connectivity index (χ4v) is 8.03. The highest BCUT2D eigenvalue weighted by Gasteiger charge is 2.41. The number of ether oxygens (including phenoxy) is 1. The van der Waals surface area contributed by atoms with E-state index in [-0.39, 0.29) is 36.5 Å². The molecule has 4 aliphatic heterocycles. The molecule has 252 valence electrons. The van der Waals surface area contributed by atoms with Crippen LogP contribution >= 0.6 is 0 Å². The predicted octanol–water partition coefficient (Wildman–Crippen LogP) is 5.13. The van der Waals surface area contributed by atoms with Crippen LogP contribution in [0.1, 0.15) is 117 Å². The number of nitrogens with zero attached hydrogens (tertiary/aromatic N) is 2. The van der Waals surface area contributed by atoms with E-state index in [9.17, 15) is 20.1 Å². The van der Waals surface area contributed by atoms with Crippen LogP contribution < -0.4 is 15.8 Å². The van der Waals surface area contributed by atoms with Crippen LogP contribution in [0, 0.1) is 11.8 Å². The number of aromatic hydroxyl groups is 1. The third-order valence-corrected chi connectivity index (χ3v) is 10.6. The summed E-state index contributed by atoms with van der Waals surface area (Å²) >= 11 is 0. The van der Waals surface area contributed by atoms with E-state index >= 15 is 0 Å². The Morgan fingerprint density at radius 1 is 1.19 bits per heavy atom. The topological polar surface area (TPSA) is 141 Å². The standard InChI is InChI=1S/C39H46N4O5/c1-2-3-4-6-25(44)18-26(45)12-9-23-10-16-34(47)35(17-23)48-36-8-5-7-33(46)28-14-15-29-37-24(19-42-39(29)40)11-13-27(38(28)37)30-20-41-32-22-43(36)21-31(30)32/h10,14-17,20-21,24-25,27,33,36,39,42,44,46-47H,2-4,6,8-9,11-13,18-19,22,40H2,1H3/t24-,25-,27+,33+,36-,39-/m1/s1. The Hall–Kier alpha value is -3.94. The molecule has 0 aromatic heterocycles. The number of aliphatic imine (C=N–C) groups is 1. The van der Waals surface area contributed by atoms with Crippen molar-refractivity contribution >= 4 is 11.5 Å². The summed E-state index contributed by atoms with van der Waals surface area (Å²) in [7, 11) is 0. The number of phenols is 1. The molecule has 0 fully saturated rings. The van der Waals surface area contributed by atoms with Gasteiger partial charge < -0.3 is 30.7 Å². The Kier molecular flexibility index (Phi) is 9.43. The first-order chi connectivity index (χ1) is 23.3. The van der Waals surface area contributed by atoms with Gasteiger partial charge in [0.15, 0.2) is 17.7 Å². The fraction of sp³-hybridized carbons (Fsp3) is 0.487. The van der Waals surface area contributed by atoms with Gasteiger partial charge in [-0.3, -0.25) is 15.1 Å². The monoisotopic (exact) mass is 650 g/mol. The van der Waals surface area contributed by atoms with Crippen LogP contribution in [0.5, 0.6) is 11.5 Å². The zero-order valence-electron chi connectivity index (χ0n) is 27.6. The summed E-state index contributed by atoms with van der Waals surface area (Å²) in [5.74, 6) is 7.06. The van der Waals surface area contributed by atoms with Gasteiger partial charge in [-0.15, -0.1) is 0 Å². The maximum Gasteiger partial charge on any atom is 0.183 e. The zero-order chi connectivity index (χ0) is 33.4. The van der Waals surface area contributed by atoms with Crippen molar-refractivity contribution in [1.29, 1.82) is 0 Å². The van der Waals surface area contributed by atoms with Gasteiger partial charge in [-0.25, -0.2) is 0 Å². The van der Waals surface area contributed by atoms with E-state index < -0.39 is 18.4 Å². The molecular weight excluding hydrogens is 604 g/mol. The minimum absolute atomic E-state index is 0.00339. The largest absolute Gasteiger partial charge is 0.504 e. The Balaban J connectivity index is 1.13. The minimum Gasteiger partial charge on any atom is -0.504 e. The number of allylic oxidation sites excluding steroid dienone is 1. The van der Waals surface area contributed by atoms with Gasteiger partial charge in [0.1, 0.15) is 11.9 Å². The van der Waals surface area contributed by atoms with Crippen LogP contribution in [0.3, 0.4) is 0 Å². The second-order valence-electron chi connectivity index (χ2n) is 13.9. The molecule has 2 aromatic carbocycles. The number of fused-ring (bicyclic) bond motifs is 2. The molecular formula is C39H46N4O5. The first kappa shape index (κ1) is 32.6. The molecule has 48 heavy (non-hydrogen) atoms. The highest BCUT2D eigenvalue weighted by molar-refractivity contribution is 6.09. The number of unbranched alkanes of at least 4 members (excludes halogenated alkanes) is 2. The molecule has 6 N–H and O–H groups in total. The molecule has 2 bridgehead atoms. The molecule has 5 aliphatic rings. The molecule has 2 aromatic rings. The maximum absolute atomic E-state index is 12.6. The molecule has 0 saturated carbocycles. The number of Topliss-reactive ketones (excluding diaryl/α,β-unsaturated/α-hetero) is 1. The minimum atomic E-state index is -0.971. The maximum atomic E-state index is 12.6. The first-order valence-electron chi connectivity index (χ1n) is 17.6. The van der Waals surface area contributed by atoms with Crippen molar-refractivity contribution < 1.29 is 24.9 Å². The van der Waals surface area contributed by atoms with Crippen LogP contribution in [-0.2, 0) is 11.2 Å². The average Bonchev–Trinajstić information content (AvgIpc) is 3.67. The Morgan fingerprint density at radius 2 is 2.04 bits per heavy atom. The number of aliphatic hydroxyl groups is 2. The number of ketones is 1. The number of carbonyl (C=O) groups excluding carboxylic acids is 1. The number of hydrogen-bond acceptors (Lipinski definition) is 9. The van der Waals surface area contributed by atoms with Gasteiger partial charge in [0.25, 0.3) is 0 Å². The predicted molar refractivity (Wildman–Crippen MR) is 184 cm³/mol. The van der Waals surface area contributed by atoms with Crippen LogP contribution in [0.25, 0.3) is 0 Å². The van der Waals surface area contributed by atoms with Crippen LogP contribution in [-0.4, -0.2) is 57.1 Å². The lowest BCUT2D eigenvalue weighted by atomic mass is 9.67. The van der Waals surface area contributed by atoms with E-state index in [2.05, 4.69) is 35.2 Å². The normalized spacial score (nSPS) is 25.8. The Bertz CT molecular complexity index is 1740. The molecule has 0 radical (unpaired) electrons. The second-order valence-corrected chi connectivity index (χ2v) is 13.9. The van der Waals surface area contributed by atoms with E-state index in [1.54, 1.807) is 18.2 Å². The van der Waals surface area contributed by atoms with Crippen LogP contribution in [0.15, 0.2) is 58.9 Å². The van der Waals surface area contributed by atoms with E-state index in [0.29, 0.717) is 37.5 Å². The molecule has 0 unspecified atom stereocenters. The number of aryl methyl sites for hydroxylation is 1. The Morgan fingerprint density at radius 3 is 2.90 bits per heavy atom. The van der Waals surface area contributed by atoms with Crippen LogP contribution in [0.4, 0.5) is 0 Å². The molecule has 7 rings (SSSR count). The lowest BCUT2D eigenvalue weighted by Crippen LogP contribution is -2.40. The zero-order valence-corrected chi connectivity index (χ0v) is 27.6. The molecule has 9 nitrogen and oxygen atoms in total. The Labute approximate surface area is 282 Å². The smallest absolute Gasteiger partial charge is 0.183 e. The lowest BCUT2D eigenvalue weighted by Gasteiger charge is -2.41. The van der Waals surface area contributed by atoms with Crippen LogP contribution in [0.2, 0.25) is 0 Å². The van der Waals surface area contributed by atoms with Gasteiger partial charge in [-0.1, -0.05) is 56.2 Å². The number of aliphatic hydroxyl groups excluding tert-OH is 2. The van der Waals surface area contributed by atoms with Crippen molar-refractivity contribution in [3.05, 3.63) is 81.7 Å². The number of rotatable bonds is 11. The van der Waals surface area contributed by atoms with Gasteiger partial charge >= 0.3 is 0 Å². The number of nitrogens with one attached hydrogen (secondary N) is 1. The number of nitrogens with two attached hydrogens (primary N) is 1. The lowest BCUT2D eigenvalue weighted by molar-refractivity contribution is -0.121. The van der Waals surface area contributed by atoms with Gasteiger partial charge in [0, 0.05) is 43.3 Å². The summed E-state index contributed by atoms with van der Waals surface area (Å²) < 4.78 is 6.47. The van der Waals surface area contributed by atoms with Crippen molar-refractivity contribution in [2.75, 3.05) is 13.1 Å². The summed E-state index contributed by atoms with van der Waals surface area (Å²) in [5, 5.41) is 36.0. The van der Waals surface area contributed by atoms with Crippen molar-refractivity contribution in [3.8, 4) is 23.3 Å². The molecule has 0 amide bonds. The number of benzene rings is 2. The molecule has 0 spiro atoms. The first-order valence-corrected chi connectivity index (χ1v) is 17.6. The van der Waals surface area contributed by atoms with Gasteiger partial charge in [-0.05, 0) is 77.1 Å². The van der Waals surface area contributed by atoms with Crippen molar-refractivity contribution in [3.63, 3.8) is 0 Å². The number of carbonyl (C=O) groups is 1. The molecule has 9 heteroatoms. The summed E-state index contributed by atoms with van der Waals surface area (Å²) in [6, 6.07) is 9.21. The van der Waals surface area contributed by atoms with Gasteiger partial charge in [0.05, 0.1) is 30.9 Å². The highest BCUT2D eigenvalue weighted by Crippen LogP contribution is 2.51. The van der Waals surface area contributed by atoms with E-state index in [0.717, 1.165) is 77.8 Å². The molecule has 4 heterocycles. The molecule has 1 aliphatic carbocycles. The third kappa shape index (κ3) is 6.42. The number of phenolic OH excluding ortho intramolecular Hbond substituents is 1. The summed E-state index contributed by atoms with van der Waals surface area (Å²) in [6.07, 6.45) is 8.67. The molecule has 6 atom stereocenters. The van der Waals surface area contributed by atoms with Gasteiger partial charge in [-0.2, -0.15) is 0 Å². The summed E-state index contributed by atoms with van der Waals surface area (Å²) in [4.78, 5) is 19.5. The third-order valence-electron chi connectivity index (χ3n) is 10.6. The second kappa shape index (κ2) is 13.9. The summed E-state index contributed by atoms with van der Waals surface area (Å²) in [6.45, 7) is 3.48. The molecule has 0 saturated heterocycles. The van der Waals surface area contributed by atoms with Crippen molar-refractivity contribution in [2.45, 2.75) is 108 Å². The summed E-state index contributed by atoms with van der Waals surface area (Å²) in [5.41, 5.74) is 14.9. The fourth-order valence-electron chi connectivity index (χ4n) is 8.03. The van der Waals surface area contributed by atoms with E-state index in [1.165, 1.54) is 5.56 Å². The van der Waals surface area contributed by atoms with Crippen molar-refractivity contribution in [2.24, 2.45) is 10.7 Å². The van der Waals surface area contributed by atoms with E-state index in [4.69, 9.17) is 15.5 Å². The number of hydrogen-bond donors (Lipinski definition) is 5. The van der Waals surface area contributed by atoms with Gasteiger partial charge in [0.2, 0.25) is 0 Å². The van der Waals surface area contributed by atoms with Crippen molar-refractivity contribution in [1.82, 2.24) is 10.2 Å². The van der Waals surface area contributed by atoms with E-state index in [1.807, 2.05) is 18.3 Å². The highest BCUT2D eigenvalue weighted by atomic mass is 16.5. The quantitative estimate of drug-likeness (QED) is 0.167. The average molecular weight is 651 g/mol.